The van der Waals surface area contributed by atoms with Crippen molar-refractivity contribution in [2.24, 2.45) is 0 Å². The number of aromatic nitrogens is 2. The van der Waals surface area contributed by atoms with Crippen molar-refractivity contribution in [1.82, 2.24) is 9.97 Å². The third-order valence-electron chi connectivity index (χ3n) is 2.57. The van der Waals surface area contributed by atoms with Gasteiger partial charge in [0, 0.05) is 11.6 Å². The van der Waals surface area contributed by atoms with Gasteiger partial charge in [0.05, 0.1) is 5.69 Å². The van der Waals surface area contributed by atoms with E-state index in [1.54, 1.807) is 0 Å². The predicted molar refractivity (Wildman–Crippen MR) is 61.9 cm³/mol. The van der Waals surface area contributed by atoms with Gasteiger partial charge in [-0.1, -0.05) is 26.7 Å². The summed E-state index contributed by atoms with van der Waals surface area (Å²) in [4.78, 5) is 7.07. The summed E-state index contributed by atoms with van der Waals surface area (Å²) in [6.07, 6.45) is 4.62. The number of unbranched alkanes of at least 4 members (excludes halogenated alkanes) is 1. The number of H-pyrrole nitrogens is 1. The van der Waals surface area contributed by atoms with Crippen molar-refractivity contribution in [2.45, 2.75) is 45.4 Å². The fourth-order valence-electron chi connectivity index (χ4n) is 1.72. The maximum Gasteiger partial charge on any atom is 0.167 e. The number of imidazole rings is 1. The highest BCUT2D eigenvalue weighted by Gasteiger charge is 2.14. The summed E-state index contributed by atoms with van der Waals surface area (Å²) < 4.78 is 0. The fourth-order valence-corrected chi connectivity index (χ4v) is 1.72. The lowest BCUT2D eigenvalue weighted by molar-refractivity contribution is 0.562. The highest BCUT2D eigenvalue weighted by molar-refractivity contribution is 6.35. The number of hydrogen-bond acceptors (Lipinski definition) is 1. The highest BCUT2D eigenvalue weighted by atomic mass is 14.9. The van der Waals surface area contributed by atoms with Crippen LogP contribution in [-0.2, 0) is 0 Å². The minimum atomic E-state index is 0.424. The molecule has 0 aliphatic heterocycles. The van der Waals surface area contributed by atoms with Crippen molar-refractivity contribution in [1.29, 1.82) is 0 Å². The van der Waals surface area contributed by atoms with Gasteiger partial charge < -0.3 is 4.98 Å². The molecule has 2 nitrogen and oxygen atoms in total. The molecule has 1 N–H and O–H groups in total. The first-order chi connectivity index (χ1) is 6.69. The molecule has 0 saturated heterocycles. The molecule has 1 unspecified atom stereocenters. The van der Waals surface area contributed by atoms with Crippen LogP contribution >= 0.6 is 0 Å². The molecular formula is C10H16B2N2. The lowest BCUT2D eigenvalue weighted by Crippen LogP contribution is -2.15. The first kappa shape index (κ1) is 11.4. The number of aromatic amines is 1. The largest absolute Gasteiger partial charge is 0.365 e. The van der Waals surface area contributed by atoms with Crippen LogP contribution in [0.3, 0.4) is 0 Å². The van der Waals surface area contributed by atoms with E-state index in [-0.39, 0.29) is 0 Å². The Labute approximate surface area is 88.7 Å². The zero-order valence-electron chi connectivity index (χ0n) is 9.01. The van der Waals surface area contributed by atoms with Crippen LogP contribution in [0.15, 0.2) is 0 Å². The van der Waals surface area contributed by atoms with Crippen LogP contribution in [0.4, 0.5) is 0 Å². The standard InChI is InChI=1S/C10H16B2N2/c1-3-5-6-7(4-2)8-9(11)14-10(12)13-8/h7H,3-6H2,1-2H3,(H,13,14). The topological polar surface area (TPSA) is 28.7 Å². The molecule has 72 valence electrons. The van der Waals surface area contributed by atoms with Gasteiger partial charge >= 0.3 is 0 Å². The van der Waals surface area contributed by atoms with Crippen LogP contribution in [-0.4, -0.2) is 25.7 Å². The fraction of sp³-hybridized carbons (Fsp3) is 0.700. The summed E-state index contributed by atoms with van der Waals surface area (Å²) in [5.74, 6) is 0.448. The maximum atomic E-state index is 5.79. The third kappa shape index (κ3) is 2.66. The van der Waals surface area contributed by atoms with Crippen LogP contribution in [0.5, 0.6) is 0 Å². The number of nitrogens with one attached hydrogen (secondary N) is 1. The lowest BCUT2D eigenvalue weighted by Gasteiger charge is -2.12. The first-order valence-electron chi connectivity index (χ1n) is 5.29. The molecule has 0 aromatic carbocycles. The molecule has 1 aromatic heterocycles. The quantitative estimate of drug-likeness (QED) is 0.672. The van der Waals surface area contributed by atoms with Crippen LogP contribution in [0.25, 0.3) is 0 Å². The third-order valence-corrected chi connectivity index (χ3v) is 2.57. The Kier molecular flexibility index (Phi) is 4.30. The van der Waals surface area contributed by atoms with E-state index in [4.69, 9.17) is 15.7 Å². The van der Waals surface area contributed by atoms with Gasteiger partial charge in [-0.2, -0.15) is 0 Å². The Bertz CT molecular complexity index is 284. The van der Waals surface area contributed by atoms with Crippen LogP contribution in [0, 0.1) is 0 Å². The molecule has 1 rings (SSSR count). The second kappa shape index (κ2) is 5.28. The van der Waals surface area contributed by atoms with E-state index in [1.807, 2.05) is 0 Å². The Balaban J connectivity index is 2.72. The van der Waals surface area contributed by atoms with E-state index in [1.165, 1.54) is 12.8 Å². The van der Waals surface area contributed by atoms with Gasteiger partial charge in [0.2, 0.25) is 0 Å². The second-order valence-corrected chi connectivity index (χ2v) is 3.67. The van der Waals surface area contributed by atoms with E-state index < -0.39 is 0 Å². The van der Waals surface area contributed by atoms with Crippen molar-refractivity contribution < 1.29 is 0 Å². The van der Waals surface area contributed by atoms with Gasteiger partial charge in [0.15, 0.2) is 7.85 Å². The van der Waals surface area contributed by atoms with E-state index in [9.17, 15) is 0 Å². The minimum Gasteiger partial charge on any atom is -0.365 e. The smallest absolute Gasteiger partial charge is 0.167 e. The van der Waals surface area contributed by atoms with Crippen molar-refractivity contribution in [3.8, 4) is 0 Å². The van der Waals surface area contributed by atoms with Gasteiger partial charge in [-0.3, -0.25) is 4.98 Å². The molecule has 1 aromatic rings. The van der Waals surface area contributed by atoms with Crippen molar-refractivity contribution in [3.63, 3.8) is 0 Å². The van der Waals surface area contributed by atoms with Gasteiger partial charge in [0.1, 0.15) is 7.85 Å². The Morgan fingerprint density at radius 2 is 2.07 bits per heavy atom. The Morgan fingerprint density at radius 3 is 2.50 bits per heavy atom. The molecule has 0 spiro atoms. The zero-order valence-corrected chi connectivity index (χ0v) is 9.01. The maximum absolute atomic E-state index is 5.79. The molecule has 0 amide bonds. The molecule has 0 bridgehead atoms. The molecule has 0 saturated carbocycles. The van der Waals surface area contributed by atoms with E-state index >= 15 is 0 Å². The lowest BCUT2D eigenvalue weighted by atomic mass is 9.89. The predicted octanol–water partition coefficient (Wildman–Crippen LogP) is 0.681. The Hall–Kier alpha value is -0.660. The number of nitrogens with zero attached hydrogens (tertiary/aromatic N) is 1. The summed E-state index contributed by atoms with van der Waals surface area (Å²) in [7, 11) is 11.3. The summed E-state index contributed by atoms with van der Waals surface area (Å²) >= 11 is 0. The molecule has 0 fully saturated rings. The van der Waals surface area contributed by atoms with E-state index in [0.29, 0.717) is 17.2 Å². The molecule has 4 heteroatoms. The molecule has 4 radical (unpaired) electrons. The average molecular weight is 186 g/mol. The SMILES string of the molecule is [B]c1nc(C(CC)CCCC)c([B])[nH]1. The van der Waals surface area contributed by atoms with Crippen LogP contribution < -0.4 is 11.3 Å². The molecule has 0 aliphatic rings. The molecule has 14 heavy (non-hydrogen) atoms. The van der Waals surface area contributed by atoms with Gasteiger partial charge in [-0.15, -0.1) is 0 Å². The van der Waals surface area contributed by atoms with Gasteiger partial charge in [-0.25, -0.2) is 0 Å². The van der Waals surface area contributed by atoms with Crippen molar-refractivity contribution in [2.75, 3.05) is 0 Å². The normalized spacial score (nSPS) is 13.0. The van der Waals surface area contributed by atoms with E-state index in [2.05, 4.69) is 23.8 Å². The molecule has 1 heterocycles. The molecular weight excluding hydrogens is 170 g/mol. The van der Waals surface area contributed by atoms with Crippen molar-refractivity contribution in [3.05, 3.63) is 5.69 Å². The summed E-state index contributed by atoms with van der Waals surface area (Å²) in [5, 5.41) is 0. The molecule has 1 atom stereocenters. The summed E-state index contributed by atoms with van der Waals surface area (Å²) in [5.41, 5.74) is 2.00. The Morgan fingerprint density at radius 1 is 1.36 bits per heavy atom. The zero-order chi connectivity index (χ0) is 10.6. The van der Waals surface area contributed by atoms with Crippen LogP contribution in [0.1, 0.15) is 51.1 Å². The average Bonchev–Trinajstić information content (AvgIpc) is 2.47. The first-order valence-corrected chi connectivity index (χ1v) is 5.29. The highest BCUT2D eigenvalue weighted by Crippen LogP contribution is 2.21. The minimum absolute atomic E-state index is 0.424. The summed E-state index contributed by atoms with van der Waals surface area (Å²) in [6, 6.07) is 0. The van der Waals surface area contributed by atoms with Gasteiger partial charge in [0.25, 0.3) is 0 Å². The molecule has 0 aliphatic carbocycles. The summed E-state index contributed by atoms with van der Waals surface area (Å²) in [6.45, 7) is 4.35. The number of hydrogen-bond donors (Lipinski definition) is 1. The van der Waals surface area contributed by atoms with Crippen molar-refractivity contribution >= 4 is 27.0 Å². The van der Waals surface area contributed by atoms with E-state index in [0.717, 1.165) is 18.5 Å². The second-order valence-electron chi connectivity index (χ2n) is 3.67. The van der Waals surface area contributed by atoms with Gasteiger partial charge in [-0.05, 0) is 18.4 Å². The monoisotopic (exact) mass is 186 g/mol. The number of rotatable bonds is 5. The van der Waals surface area contributed by atoms with Crippen LogP contribution in [0.2, 0.25) is 0 Å².